The highest BCUT2D eigenvalue weighted by Crippen LogP contribution is 2.35. The predicted molar refractivity (Wildman–Crippen MR) is 112 cm³/mol. The number of nitrogens with one attached hydrogen (secondary N) is 1. The molecule has 2 heterocycles. The van der Waals surface area contributed by atoms with E-state index in [2.05, 4.69) is 15.3 Å². The number of hydrogen-bond acceptors (Lipinski definition) is 5. The molecule has 158 valence electrons. The zero-order valence-corrected chi connectivity index (χ0v) is 17.0. The van der Waals surface area contributed by atoms with Crippen molar-refractivity contribution in [3.05, 3.63) is 58.7 Å². The van der Waals surface area contributed by atoms with Crippen molar-refractivity contribution in [2.24, 2.45) is 9.98 Å². The fraction of sp³-hybridized carbons (Fsp3) is 0.364. The van der Waals surface area contributed by atoms with Crippen LogP contribution in [0, 0.1) is 6.92 Å². The minimum atomic E-state index is -4.39. The Morgan fingerprint density at radius 2 is 2.03 bits per heavy atom. The standard InChI is InChI=1S/C22H23F3N4O/c1-4-30-15-8-9-19-17(12-15)20(28-21-26-10-11-29(19)21)27-14(3)16-6-5-7-18(13(16)2)22(23,24)25/h5-9,12,14H,4,10-11H2,1-3H3,(H,26,27,28)/t14-/m1/s1. The third-order valence-corrected chi connectivity index (χ3v) is 5.36. The Labute approximate surface area is 173 Å². The highest BCUT2D eigenvalue weighted by Gasteiger charge is 2.34. The van der Waals surface area contributed by atoms with E-state index in [9.17, 15) is 13.2 Å². The van der Waals surface area contributed by atoms with Crippen molar-refractivity contribution in [3.8, 4) is 5.75 Å². The maximum absolute atomic E-state index is 13.3. The van der Waals surface area contributed by atoms with Crippen molar-refractivity contribution in [1.82, 2.24) is 5.32 Å². The fourth-order valence-corrected chi connectivity index (χ4v) is 3.94. The summed E-state index contributed by atoms with van der Waals surface area (Å²) >= 11 is 0. The van der Waals surface area contributed by atoms with Gasteiger partial charge in [0.1, 0.15) is 11.6 Å². The molecule has 0 unspecified atom stereocenters. The molecule has 0 amide bonds. The number of fused-ring (bicyclic) bond motifs is 3. The Hall–Kier alpha value is -3.03. The number of ether oxygens (including phenoxy) is 1. The van der Waals surface area contributed by atoms with E-state index in [-0.39, 0.29) is 11.6 Å². The average molecular weight is 416 g/mol. The second-order valence-corrected chi connectivity index (χ2v) is 7.29. The number of rotatable bonds is 4. The molecule has 0 radical (unpaired) electrons. The lowest BCUT2D eigenvalue weighted by Gasteiger charge is -2.29. The van der Waals surface area contributed by atoms with Gasteiger partial charge in [-0.15, -0.1) is 0 Å². The molecule has 2 aromatic carbocycles. The van der Waals surface area contributed by atoms with Gasteiger partial charge >= 0.3 is 6.18 Å². The number of amidine groups is 1. The molecule has 0 fully saturated rings. The molecule has 0 spiro atoms. The van der Waals surface area contributed by atoms with Gasteiger partial charge in [0, 0.05) is 12.1 Å². The number of alkyl halides is 3. The summed E-state index contributed by atoms with van der Waals surface area (Å²) in [4.78, 5) is 11.1. The first-order valence-electron chi connectivity index (χ1n) is 9.90. The third-order valence-electron chi connectivity index (χ3n) is 5.36. The molecule has 0 saturated carbocycles. The number of hydrogen-bond donors (Lipinski definition) is 1. The Bertz CT molecular complexity index is 1030. The Kier molecular flexibility index (Phi) is 5.17. The van der Waals surface area contributed by atoms with Crippen molar-refractivity contribution in [1.29, 1.82) is 0 Å². The van der Waals surface area contributed by atoms with Crippen LogP contribution in [0.4, 0.5) is 18.9 Å². The van der Waals surface area contributed by atoms with Crippen molar-refractivity contribution in [2.45, 2.75) is 33.0 Å². The number of aliphatic imine (C=N–C) groups is 2. The van der Waals surface area contributed by atoms with Gasteiger partial charge in [-0.2, -0.15) is 18.2 Å². The highest BCUT2D eigenvalue weighted by atomic mass is 19.4. The zero-order chi connectivity index (χ0) is 21.5. The van der Waals surface area contributed by atoms with E-state index < -0.39 is 11.7 Å². The van der Waals surface area contributed by atoms with Gasteiger partial charge in [0.15, 0.2) is 0 Å². The van der Waals surface area contributed by atoms with Crippen LogP contribution in [0.3, 0.4) is 0 Å². The van der Waals surface area contributed by atoms with E-state index in [0.29, 0.717) is 36.3 Å². The van der Waals surface area contributed by atoms with E-state index in [1.807, 2.05) is 36.9 Å². The second-order valence-electron chi connectivity index (χ2n) is 7.29. The van der Waals surface area contributed by atoms with Crippen molar-refractivity contribution in [2.75, 3.05) is 24.6 Å². The monoisotopic (exact) mass is 416 g/mol. The van der Waals surface area contributed by atoms with Gasteiger partial charge in [-0.1, -0.05) is 12.1 Å². The van der Waals surface area contributed by atoms with Gasteiger partial charge in [0.05, 0.1) is 30.4 Å². The first-order valence-corrected chi connectivity index (χ1v) is 9.90. The molecule has 0 aliphatic carbocycles. The predicted octanol–water partition coefficient (Wildman–Crippen LogP) is 4.70. The molecule has 5 nitrogen and oxygen atoms in total. The quantitative estimate of drug-likeness (QED) is 0.786. The van der Waals surface area contributed by atoms with Gasteiger partial charge in [-0.05, 0) is 56.2 Å². The summed E-state index contributed by atoms with van der Waals surface area (Å²) in [5, 5.41) is 3.31. The largest absolute Gasteiger partial charge is 0.494 e. The van der Waals surface area contributed by atoms with Gasteiger partial charge in [-0.3, -0.25) is 0 Å². The highest BCUT2D eigenvalue weighted by molar-refractivity contribution is 6.18. The van der Waals surface area contributed by atoms with Gasteiger partial charge in [-0.25, -0.2) is 4.99 Å². The fourth-order valence-electron chi connectivity index (χ4n) is 3.94. The molecule has 0 bridgehead atoms. The van der Waals surface area contributed by atoms with Crippen molar-refractivity contribution in [3.63, 3.8) is 0 Å². The summed E-state index contributed by atoms with van der Waals surface area (Å²) in [6.07, 6.45) is -4.39. The molecule has 4 rings (SSSR count). The van der Waals surface area contributed by atoms with Crippen LogP contribution in [-0.4, -0.2) is 31.5 Å². The Balaban J connectivity index is 1.70. The van der Waals surface area contributed by atoms with E-state index in [0.717, 1.165) is 23.9 Å². The number of halogens is 3. The summed E-state index contributed by atoms with van der Waals surface area (Å²) < 4.78 is 45.6. The zero-order valence-electron chi connectivity index (χ0n) is 17.0. The Morgan fingerprint density at radius 1 is 1.23 bits per heavy atom. The maximum atomic E-state index is 13.3. The average Bonchev–Trinajstić information content (AvgIpc) is 3.16. The molecular weight excluding hydrogens is 393 g/mol. The van der Waals surface area contributed by atoms with Crippen LogP contribution in [0.2, 0.25) is 0 Å². The maximum Gasteiger partial charge on any atom is 0.416 e. The molecule has 1 atom stereocenters. The first kappa shape index (κ1) is 20.3. The molecule has 2 aromatic rings. The second kappa shape index (κ2) is 7.66. The summed E-state index contributed by atoms with van der Waals surface area (Å²) in [7, 11) is 0. The smallest absolute Gasteiger partial charge is 0.416 e. The molecule has 2 aliphatic rings. The number of guanidine groups is 1. The van der Waals surface area contributed by atoms with E-state index in [1.165, 1.54) is 13.0 Å². The van der Waals surface area contributed by atoms with Crippen LogP contribution in [-0.2, 0) is 6.18 Å². The summed E-state index contributed by atoms with van der Waals surface area (Å²) in [6.45, 7) is 7.19. The molecule has 0 saturated heterocycles. The molecule has 8 heteroatoms. The van der Waals surface area contributed by atoms with E-state index in [4.69, 9.17) is 4.74 Å². The summed E-state index contributed by atoms with van der Waals surface area (Å²) in [5.74, 6) is 1.91. The van der Waals surface area contributed by atoms with Gasteiger partial charge in [0.2, 0.25) is 5.96 Å². The summed E-state index contributed by atoms with van der Waals surface area (Å²) in [6, 6.07) is 9.66. The van der Waals surface area contributed by atoms with Crippen molar-refractivity contribution < 1.29 is 17.9 Å². The van der Waals surface area contributed by atoms with Gasteiger partial charge < -0.3 is 15.0 Å². The lowest BCUT2D eigenvalue weighted by Crippen LogP contribution is -2.38. The Morgan fingerprint density at radius 3 is 2.77 bits per heavy atom. The molecule has 30 heavy (non-hydrogen) atoms. The first-order chi connectivity index (χ1) is 14.3. The van der Waals surface area contributed by atoms with Crippen LogP contribution >= 0.6 is 0 Å². The van der Waals surface area contributed by atoms with E-state index in [1.54, 1.807) is 6.07 Å². The van der Waals surface area contributed by atoms with Crippen LogP contribution in [0.1, 0.15) is 42.1 Å². The normalized spacial score (nSPS) is 16.4. The summed E-state index contributed by atoms with van der Waals surface area (Å²) in [5.41, 5.74) is 1.97. The number of benzene rings is 2. The van der Waals surface area contributed by atoms with Crippen LogP contribution in [0.5, 0.6) is 5.75 Å². The minimum absolute atomic E-state index is 0.213. The molecule has 0 aromatic heterocycles. The number of nitrogens with zero attached hydrogens (tertiary/aromatic N) is 3. The SMILES string of the molecule is CCOc1ccc2c(c1)C(N[C@H](C)c1cccc(C(F)(F)F)c1C)=NC1=NCCN12. The third kappa shape index (κ3) is 3.62. The molecule has 1 N–H and O–H groups in total. The molecule has 2 aliphatic heterocycles. The van der Waals surface area contributed by atoms with Crippen LogP contribution in [0.25, 0.3) is 0 Å². The van der Waals surface area contributed by atoms with E-state index >= 15 is 0 Å². The van der Waals surface area contributed by atoms with Crippen LogP contribution < -0.4 is 15.0 Å². The van der Waals surface area contributed by atoms with Gasteiger partial charge in [0.25, 0.3) is 0 Å². The topological polar surface area (TPSA) is 49.2 Å². The minimum Gasteiger partial charge on any atom is -0.494 e. The van der Waals surface area contributed by atoms with Crippen molar-refractivity contribution >= 4 is 17.5 Å². The number of anilines is 1. The molecular formula is C22H23F3N4O. The lowest BCUT2D eigenvalue weighted by molar-refractivity contribution is -0.138. The van der Waals surface area contributed by atoms with Crippen LogP contribution in [0.15, 0.2) is 46.4 Å². The lowest BCUT2D eigenvalue weighted by atomic mass is 9.96.